The average molecular weight is 607 g/mol. The Hall–Kier alpha value is -3.27. The highest BCUT2D eigenvalue weighted by Crippen LogP contribution is 2.31. The summed E-state index contributed by atoms with van der Waals surface area (Å²) in [6.45, 7) is 3.52. The second-order valence-corrected chi connectivity index (χ2v) is 11.7. The van der Waals surface area contributed by atoms with Crippen molar-refractivity contribution in [3.8, 4) is 5.75 Å². The summed E-state index contributed by atoms with van der Waals surface area (Å²) in [4.78, 5) is 28.9. The molecule has 0 aromatic heterocycles. The molecule has 0 radical (unpaired) electrons. The third-order valence-corrected chi connectivity index (χ3v) is 7.96. The standard InChI is InChI=1S/C29H33Cl2N3O5S/c1-4-32-29(36)26(18-21-12-7-6-8-13-21)33(19-22-23(30)14-11-15-24(22)31)28(35)20-34(40(3,37)38)25-16-9-10-17-27(25)39-5-2/h6-17,26H,4-5,18-20H2,1-3H3,(H,32,36)/t26-/m0/s1. The Bertz CT molecular complexity index is 1400. The average Bonchev–Trinajstić information content (AvgIpc) is 2.91. The molecule has 0 saturated carbocycles. The molecule has 0 unspecified atom stereocenters. The minimum Gasteiger partial charge on any atom is -0.492 e. The van der Waals surface area contributed by atoms with Gasteiger partial charge < -0.3 is 15.0 Å². The lowest BCUT2D eigenvalue weighted by atomic mass is 10.0. The molecule has 0 saturated heterocycles. The van der Waals surface area contributed by atoms with Crippen LogP contribution in [0.15, 0.2) is 72.8 Å². The van der Waals surface area contributed by atoms with Crippen molar-refractivity contribution in [3.05, 3.63) is 94.0 Å². The van der Waals surface area contributed by atoms with Crippen LogP contribution in [0.25, 0.3) is 0 Å². The van der Waals surface area contributed by atoms with Crippen molar-refractivity contribution in [2.24, 2.45) is 0 Å². The fourth-order valence-electron chi connectivity index (χ4n) is 4.24. The molecule has 0 aliphatic carbocycles. The van der Waals surface area contributed by atoms with Gasteiger partial charge in [0.25, 0.3) is 0 Å². The normalized spacial score (nSPS) is 11.9. The van der Waals surface area contributed by atoms with Crippen molar-refractivity contribution in [1.82, 2.24) is 10.2 Å². The molecule has 0 bridgehead atoms. The summed E-state index contributed by atoms with van der Waals surface area (Å²) in [5, 5.41) is 3.45. The van der Waals surface area contributed by atoms with E-state index < -0.39 is 28.5 Å². The number of halogens is 2. The molecule has 8 nitrogen and oxygen atoms in total. The Labute approximate surface area is 245 Å². The predicted molar refractivity (Wildman–Crippen MR) is 159 cm³/mol. The minimum absolute atomic E-state index is 0.114. The van der Waals surface area contributed by atoms with Crippen LogP contribution < -0.4 is 14.4 Å². The van der Waals surface area contributed by atoms with Gasteiger partial charge in [0.05, 0.1) is 18.6 Å². The first kappa shape index (κ1) is 31.3. The van der Waals surface area contributed by atoms with Gasteiger partial charge in [-0.3, -0.25) is 13.9 Å². The molecular formula is C29H33Cl2N3O5S. The summed E-state index contributed by atoms with van der Waals surface area (Å²) in [7, 11) is -3.94. The quantitative estimate of drug-likeness (QED) is 0.298. The first-order chi connectivity index (χ1) is 19.1. The maximum atomic E-state index is 14.1. The lowest BCUT2D eigenvalue weighted by Crippen LogP contribution is -2.53. The van der Waals surface area contributed by atoms with Crippen LogP contribution in [0.1, 0.15) is 25.0 Å². The lowest BCUT2D eigenvalue weighted by Gasteiger charge is -2.34. The van der Waals surface area contributed by atoms with Gasteiger partial charge in [0, 0.05) is 35.1 Å². The number of nitrogens with one attached hydrogen (secondary N) is 1. The zero-order valence-corrected chi connectivity index (χ0v) is 25.0. The second-order valence-electron chi connectivity index (χ2n) is 8.99. The lowest BCUT2D eigenvalue weighted by molar-refractivity contribution is -0.140. The summed E-state index contributed by atoms with van der Waals surface area (Å²) >= 11 is 12.9. The number of amides is 2. The highest BCUT2D eigenvalue weighted by molar-refractivity contribution is 7.92. The van der Waals surface area contributed by atoms with E-state index in [1.165, 1.54) is 4.90 Å². The SMILES string of the molecule is CCNC(=O)[C@H](Cc1ccccc1)N(Cc1c(Cl)cccc1Cl)C(=O)CN(c1ccccc1OCC)S(C)(=O)=O. The minimum atomic E-state index is -3.94. The van der Waals surface area contributed by atoms with Gasteiger partial charge in [-0.2, -0.15) is 0 Å². The smallest absolute Gasteiger partial charge is 0.244 e. The Morgan fingerprint density at radius 1 is 0.925 bits per heavy atom. The van der Waals surface area contributed by atoms with Gasteiger partial charge in [0.1, 0.15) is 18.3 Å². The Balaban J connectivity index is 2.11. The van der Waals surface area contributed by atoms with E-state index in [2.05, 4.69) is 5.32 Å². The monoisotopic (exact) mass is 605 g/mol. The Morgan fingerprint density at radius 2 is 1.55 bits per heavy atom. The molecule has 3 aromatic rings. The number of carbonyl (C=O) groups is 2. The van der Waals surface area contributed by atoms with Crippen molar-refractivity contribution in [2.75, 3.05) is 30.3 Å². The molecule has 0 aliphatic heterocycles. The number of rotatable bonds is 13. The van der Waals surface area contributed by atoms with E-state index >= 15 is 0 Å². The van der Waals surface area contributed by atoms with Crippen molar-refractivity contribution >= 4 is 50.7 Å². The zero-order chi connectivity index (χ0) is 29.3. The molecular weight excluding hydrogens is 573 g/mol. The first-order valence-electron chi connectivity index (χ1n) is 12.8. The van der Waals surface area contributed by atoms with Gasteiger partial charge in [-0.25, -0.2) is 8.42 Å². The molecule has 1 N–H and O–H groups in total. The van der Waals surface area contributed by atoms with Gasteiger partial charge in [-0.1, -0.05) is 71.7 Å². The fraction of sp³-hybridized carbons (Fsp3) is 0.310. The highest BCUT2D eigenvalue weighted by atomic mass is 35.5. The van der Waals surface area contributed by atoms with E-state index in [0.717, 1.165) is 16.1 Å². The summed E-state index contributed by atoms with van der Waals surface area (Å²) < 4.78 is 32.6. The fourth-order valence-corrected chi connectivity index (χ4v) is 5.61. The van der Waals surface area contributed by atoms with Gasteiger partial charge in [-0.15, -0.1) is 0 Å². The largest absolute Gasteiger partial charge is 0.492 e. The summed E-state index contributed by atoms with van der Waals surface area (Å²) in [5.74, 6) is -0.683. The van der Waals surface area contributed by atoms with Crippen LogP contribution in [0.4, 0.5) is 5.69 Å². The number of hydrogen-bond acceptors (Lipinski definition) is 5. The number of para-hydroxylation sites is 2. The number of carbonyl (C=O) groups excluding carboxylic acids is 2. The maximum Gasteiger partial charge on any atom is 0.244 e. The Kier molecular flexibility index (Phi) is 11.2. The molecule has 214 valence electrons. The van der Waals surface area contributed by atoms with Crippen LogP contribution >= 0.6 is 23.2 Å². The molecule has 2 amide bonds. The number of nitrogens with zero attached hydrogens (tertiary/aromatic N) is 2. The zero-order valence-electron chi connectivity index (χ0n) is 22.6. The van der Waals surface area contributed by atoms with Crippen molar-refractivity contribution < 1.29 is 22.7 Å². The van der Waals surface area contributed by atoms with Gasteiger partial charge in [-0.05, 0) is 43.7 Å². The van der Waals surface area contributed by atoms with Crippen LogP contribution in [-0.2, 0) is 32.6 Å². The second kappa shape index (κ2) is 14.4. The predicted octanol–water partition coefficient (Wildman–Crippen LogP) is 4.93. The molecule has 1 atom stereocenters. The Morgan fingerprint density at radius 3 is 2.15 bits per heavy atom. The number of ether oxygens (including phenoxy) is 1. The van der Waals surface area contributed by atoms with E-state index in [-0.39, 0.29) is 24.6 Å². The third kappa shape index (κ3) is 8.13. The first-order valence-corrected chi connectivity index (χ1v) is 15.4. The molecule has 0 spiro atoms. The molecule has 0 aliphatic rings. The molecule has 0 heterocycles. The van der Waals surface area contributed by atoms with Crippen molar-refractivity contribution in [1.29, 1.82) is 0 Å². The van der Waals surface area contributed by atoms with E-state index in [0.29, 0.717) is 34.5 Å². The molecule has 3 aromatic carbocycles. The number of hydrogen-bond donors (Lipinski definition) is 1. The van der Waals surface area contributed by atoms with Crippen LogP contribution in [0.2, 0.25) is 10.0 Å². The molecule has 3 rings (SSSR count). The van der Waals surface area contributed by atoms with Gasteiger partial charge in [0.2, 0.25) is 21.8 Å². The summed E-state index contributed by atoms with van der Waals surface area (Å²) in [6, 6.07) is 19.8. The van der Waals surface area contributed by atoms with E-state index in [9.17, 15) is 18.0 Å². The van der Waals surface area contributed by atoms with Gasteiger partial charge in [0.15, 0.2) is 0 Å². The number of sulfonamides is 1. The van der Waals surface area contributed by atoms with Crippen LogP contribution in [-0.4, -0.2) is 57.1 Å². The number of benzene rings is 3. The summed E-state index contributed by atoms with van der Waals surface area (Å²) in [6.07, 6.45) is 1.21. The highest BCUT2D eigenvalue weighted by Gasteiger charge is 2.34. The van der Waals surface area contributed by atoms with E-state index in [1.54, 1.807) is 56.3 Å². The third-order valence-electron chi connectivity index (χ3n) is 6.13. The van der Waals surface area contributed by atoms with Crippen LogP contribution in [0.5, 0.6) is 5.75 Å². The van der Waals surface area contributed by atoms with Crippen molar-refractivity contribution in [2.45, 2.75) is 32.9 Å². The van der Waals surface area contributed by atoms with E-state index in [1.807, 2.05) is 30.3 Å². The van der Waals surface area contributed by atoms with E-state index in [4.69, 9.17) is 27.9 Å². The van der Waals surface area contributed by atoms with Crippen LogP contribution in [0, 0.1) is 0 Å². The maximum absolute atomic E-state index is 14.1. The molecule has 0 fully saturated rings. The topological polar surface area (TPSA) is 96.0 Å². The molecule has 40 heavy (non-hydrogen) atoms. The number of anilines is 1. The van der Waals surface area contributed by atoms with Crippen LogP contribution in [0.3, 0.4) is 0 Å². The number of likely N-dealkylation sites (N-methyl/N-ethyl adjacent to an activating group) is 1. The summed E-state index contributed by atoms with van der Waals surface area (Å²) in [5.41, 5.74) is 1.49. The van der Waals surface area contributed by atoms with Gasteiger partial charge >= 0.3 is 0 Å². The molecule has 11 heteroatoms. The van der Waals surface area contributed by atoms with Crippen molar-refractivity contribution in [3.63, 3.8) is 0 Å².